The highest BCUT2D eigenvalue weighted by molar-refractivity contribution is 6.20. The van der Waals surface area contributed by atoms with Crippen molar-refractivity contribution in [1.82, 2.24) is 19.4 Å². The van der Waals surface area contributed by atoms with Crippen LogP contribution >= 0.6 is 0 Å². The topological polar surface area (TPSA) is 43.1 Å². The molecule has 4 aromatic heterocycles. The quantitative estimate of drug-likeness (QED) is 0.404. The lowest BCUT2D eigenvalue weighted by Crippen LogP contribution is -1.93. The van der Waals surface area contributed by atoms with E-state index in [4.69, 9.17) is 0 Å². The summed E-state index contributed by atoms with van der Waals surface area (Å²) < 4.78 is 2.05. The molecule has 21 heavy (non-hydrogen) atoms. The van der Waals surface area contributed by atoms with Crippen molar-refractivity contribution in [2.75, 3.05) is 0 Å². The summed E-state index contributed by atoms with van der Waals surface area (Å²) in [6, 6.07) is 12.2. The maximum absolute atomic E-state index is 4.59. The summed E-state index contributed by atoms with van der Waals surface area (Å²) in [7, 11) is 0. The fourth-order valence-electron chi connectivity index (χ4n) is 3.07. The molecule has 0 amide bonds. The predicted octanol–water partition coefficient (Wildman–Crippen LogP) is 3.58. The first kappa shape index (κ1) is 10.7. The molecule has 0 spiro atoms. The van der Waals surface area contributed by atoms with Crippen LogP contribution in [0.15, 0.2) is 61.3 Å². The standard InChI is InChI=1S/C17H10N4/c1-2-6-14-12(4-1)16-13(8-20-14)11-5-3-7-19-17(11)21-10-18-9-15(16)21/h1-10H. The van der Waals surface area contributed by atoms with Crippen molar-refractivity contribution in [3.8, 4) is 0 Å². The molecule has 0 aliphatic heterocycles. The number of para-hydroxylation sites is 1. The number of benzene rings is 1. The molecule has 0 aliphatic carbocycles. The van der Waals surface area contributed by atoms with Crippen LogP contribution in [0.3, 0.4) is 0 Å². The predicted molar refractivity (Wildman–Crippen MR) is 83.3 cm³/mol. The highest BCUT2D eigenvalue weighted by Gasteiger charge is 2.12. The number of hydrogen-bond donors (Lipinski definition) is 0. The second-order valence-electron chi connectivity index (χ2n) is 5.09. The van der Waals surface area contributed by atoms with Crippen LogP contribution in [0.2, 0.25) is 0 Å². The molecule has 5 rings (SSSR count). The Morgan fingerprint density at radius 1 is 0.810 bits per heavy atom. The molecule has 0 unspecified atom stereocenters. The number of rotatable bonds is 0. The molecule has 0 saturated heterocycles. The molecular weight excluding hydrogens is 260 g/mol. The summed E-state index contributed by atoms with van der Waals surface area (Å²) in [5.74, 6) is 0. The van der Waals surface area contributed by atoms with Crippen molar-refractivity contribution in [2.24, 2.45) is 0 Å². The van der Waals surface area contributed by atoms with Gasteiger partial charge in [0.25, 0.3) is 0 Å². The van der Waals surface area contributed by atoms with E-state index in [9.17, 15) is 0 Å². The highest BCUT2D eigenvalue weighted by Crippen LogP contribution is 2.32. The van der Waals surface area contributed by atoms with Crippen molar-refractivity contribution in [3.63, 3.8) is 0 Å². The van der Waals surface area contributed by atoms with Gasteiger partial charge in [0.1, 0.15) is 12.0 Å². The lowest BCUT2D eigenvalue weighted by atomic mass is 10.0. The van der Waals surface area contributed by atoms with Crippen molar-refractivity contribution in [1.29, 1.82) is 0 Å². The van der Waals surface area contributed by atoms with E-state index in [2.05, 4.69) is 27.1 Å². The number of fused-ring (bicyclic) bond motifs is 8. The van der Waals surface area contributed by atoms with Crippen LogP contribution in [-0.4, -0.2) is 19.4 Å². The maximum Gasteiger partial charge on any atom is 0.146 e. The first-order valence-electron chi connectivity index (χ1n) is 6.80. The van der Waals surface area contributed by atoms with E-state index in [1.54, 1.807) is 0 Å². The van der Waals surface area contributed by atoms with Crippen LogP contribution in [0.25, 0.3) is 38.2 Å². The van der Waals surface area contributed by atoms with Gasteiger partial charge in [0.05, 0.1) is 17.2 Å². The summed E-state index contributed by atoms with van der Waals surface area (Å²) >= 11 is 0. The SMILES string of the molecule is c1ccc2c(c1)ncc1c3cccnc3n3cncc3c21. The largest absolute Gasteiger partial charge is 0.282 e. The van der Waals surface area contributed by atoms with Crippen LogP contribution in [0, 0.1) is 0 Å². The summed E-state index contributed by atoms with van der Waals surface area (Å²) in [5.41, 5.74) is 2.97. The molecule has 0 fully saturated rings. The van der Waals surface area contributed by atoms with Gasteiger partial charge in [0.15, 0.2) is 0 Å². The molecule has 0 aliphatic rings. The first-order chi connectivity index (χ1) is 10.4. The normalized spacial score (nSPS) is 11.8. The number of aromatic nitrogens is 4. The van der Waals surface area contributed by atoms with Crippen LogP contribution in [0.1, 0.15) is 0 Å². The Kier molecular flexibility index (Phi) is 1.92. The second kappa shape index (κ2) is 3.76. The van der Waals surface area contributed by atoms with E-state index in [0.717, 1.165) is 32.8 Å². The zero-order valence-electron chi connectivity index (χ0n) is 11.1. The van der Waals surface area contributed by atoms with Gasteiger partial charge in [-0.1, -0.05) is 18.2 Å². The zero-order valence-corrected chi connectivity index (χ0v) is 11.1. The number of nitrogens with zero attached hydrogens (tertiary/aromatic N) is 4. The fraction of sp³-hybridized carbons (Fsp3) is 0. The Labute approximate surface area is 119 Å². The van der Waals surface area contributed by atoms with Gasteiger partial charge in [0, 0.05) is 33.9 Å². The minimum Gasteiger partial charge on any atom is -0.282 e. The van der Waals surface area contributed by atoms with Gasteiger partial charge in [-0.3, -0.25) is 9.38 Å². The molecule has 98 valence electrons. The highest BCUT2D eigenvalue weighted by atomic mass is 15.0. The Balaban J connectivity index is 2.24. The van der Waals surface area contributed by atoms with Gasteiger partial charge in [0.2, 0.25) is 0 Å². The van der Waals surface area contributed by atoms with Gasteiger partial charge in [-0.25, -0.2) is 9.97 Å². The van der Waals surface area contributed by atoms with E-state index < -0.39 is 0 Å². The molecule has 0 radical (unpaired) electrons. The van der Waals surface area contributed by atoms with E-state index in [0.29, 0.717) is 0 Å². The molecule has 5 aromatic rings. The number of imidazole rings is 1. The molecule has 1 aromatic carbocycles. The smallest absolute Gasteiger partial charge is 0.146 e. The Morgan fingerprint density at radius 2 is 1.71 bits per heavy atom. The van der Waals surface area contributed by atoms with Gasteiger partial charge in [-0.15, -0.1) is 0 Å². The maximum atomic E-state index is 4.59. The average molecular weight is 270 g/mol. The fourth-order valence-corrected chi connectivity index (χ4v) is 3.07. The van der Waals surface area contributed by atoms with Gasteiger partial charge in [-0.05, 0) is 18.2 Å². The Hall–Kier alpha value is -3.01. The summed E-state index contributed by atoms with van der Waals surface area (Å²) in [4.78, 5) is 13.4. The minimum absolute atomic E-state index is 0.912. The number of hydrogen-bond acceptors (Lipinski definition) is 3. The minimum atomic E-state index is 0.912. The van der Waals surface area contributed by atoms with Crippen molar-refractivity contribution >= 4 is 38.2 Å². The lowest BCUT2D eigenvalue weighted by molar-refractivity contribution is 1.17. The molecule has 0 saturated carbocycles. The molecule has 4 nitrogen and oxygen atoms in total. The number of pyridine rings is 3. The second-order valence-corrected chi connectivity index (χ2v) is 5.09. The average Bonchev–Trinajstić information content (AvgIpc) is 3.04. The van der Waals surface area contributed by atoms with E-state index in [1.165, 1.54) is 5.39 Å². The summed E-state index contributed by atoms with van der Waals surface area (Å²) in [5, 5.41) is 4.53. The lowest BCUT2D eigenvalue weighted by Gasteiger charge is -2.09. The molecule has 4 heteroatoms. The van der Waals surface area contributed by atoms with Crippen molar-refractivity contribution in [2.45, 2.75) is 0 Å². The van der Waals surface area contributed by atoms with Gasteiger partial charge >= 0.3 is 0 Å². The first-order valence-corrected chi connectivity index (χ1v) is 6.80. The molecule has 0 atom stereocenters. The van der Waals surface area contributed by atoms with E-state index in [-0.39, 0.29) is 0 Å². The van der Waals surface area contributed by atoms with Gasteiger partial charge < -0.3 is 0 Å². The Morgan fingerprint density at radius 3 is 2.71 bits per heavy atom. The van der Waals surface area contributed by atoms with E-state index in [1.807, 2.05) is 53.6 Å². The van der Waals surface area contributed by atoms with Crippen molar-refractivity contribution in [3.05, 3.63) is 61.3 Å². The monoisotopic (exact) mass is 270 g/mol. The van der Waals surface area contributed by atoms with Crippen LogP contribution < -0.4 is 0 Å². The van der Waals surface area contributed by atoms with Crippen molar-refractivity contribution < 1.29 is 0 Å². The summed E-state index contributed by atoms with van der Waals surface area (Å²) in [6.45, 7) is 0. The Bertz CT molecular complexity index is 1130. The molecular formula is C17H10N4. The van der Waals surface area contributed by atoms with Crippen LogP contribution in [0.5, 0.6) is 0 Å². The molecule has 0 bridgehead atoms. The third-order valence-corrected chi connectivity index (χ3v) is 3.98. The van der Waals surface area contributed by atoms with Crippen LogP contribution in [0.4, 0.5) is 0 Å². The molecule has 4 heterocycles. The molecule has 0 N–H and O–H groups in total. The van der Waals surface area contributed by atoms with Gasteiger partial charge in [-0.2, -0.15) is 0 Å². The van der Waals surface area contributed by atoms with Crippen LogP contribution in [-0.2, 0) is 0 Å². The zero-order chi connectivity index (χ0) is 13.8. The summed E-state index contributed by atoms with van der Waals surface area (Å²) in [6.07, 6.45) is 7.46. The van der Waals surface area contributed by atoms with E-state index >= 15 is 0 Å². The third-order valence-electron chi connectivity index (χ3n) is 3.98. The third kappa shape index (κ3) is 1.31.